The Bertz CT molecular complexity index is 699. The van der Waals surface area contributed by atoms with Gasteiger partial charge in [0.15, 0.2) is 0 Å². The third kappa shape index (κ3) is 2.45. The van der Waals surface area contributed by atoms with Crippen molar-refractivity contribution in [3.05, 3.63) is 35.6 Å². The molecule has 4 aliphatic carbocycles. The molecule has 0 amide bonds. The summed E-state index contributed by atoms with van der Waals surface area (Å²) in [5.74, 6) is 3.36. The van der Waals surface area contributed by atoms with Crippen molar-refractivity contribution >= 4 is 0 Å². The van der Waals surface area contributed by atoms with Crippen LogP contribution in [-0.4, -0.2) is 23.7 Å². The zero-order valence-electron chi connectivity index (χ0n) is 16.7. The van der Waals surface area contributed by atoms with Crippen molar-refractivity contribution in [2.45, 2.75) is 68.9 Å². The fourth-order valence-corrected chi connectivity index (χ4v) is 9.04. The Morgan fingerprint density at radius 2 is 1.43 bits per heavy atom. The molecule has 1 aromatic carbocycles. The Morgan fingerprint density at radius 1 is 0.893 bits per heavy atom. The lowest BCUT2D eigenvalue weighted by Gasteiger charge is -2.61. The maximum absolute atomic E-state index is 13.8. The molecule has 154 valence electrons. The first-order valence-electron chi connectivity index (χ1n) is 11.4. The predicted octanol–water partition coefficient (Wildman–Crippen LogP) is 0.301. The minimum absolute atomic E-state index is 0. The van der Waals surface area contributed by atoms with E-state index in [1.165, 1.54) is 58.0 Å². The Kier molecular flexibility index (Phi) is 4.61. The van der Waals surface area contributed by atoms with Gasteiger partial charge in [0.05, 0.1) is 13.1 Å². The SMILES string of the molecule is OC(c1ccc(F)cc1)(C1C2CC3CC(C2)CC1C3)C12CCC[NH+]1CCC2.[Cl-]. The third-order valence-electron chi connectivity index (χ3n) is 9.56. The van der Waals surface area contributed by atoms with Gasteiger partial charge < -0.3 is 22.4 Å². The fraction of sp³-hybridized carbons (Fsp3) is 0.750. The van der Waals surface area contributed by atoms with Crippen molar-refractivity contribution < 1.29 is 26.8 Å². The molecule has 6 aliphatic rings. The molecule has 1 atom stereocenters. The smallest absolute Gasteiger partial charge is 0.147 e. The maximum atomic E-state index is 13.8. The molecule has 2 nitrogen and oxygen atoms in total. The Balaban J connectivity index is 0.00000171. The molecular weight excluding hydrogens is 373 g/mol. The van der Waals surface area contributed by atoms with Gasteiger partial charge in [-0.15, -0.1) is 0 Å². The molecule has 2 saturated heterocycles. The highest BCUT2D eigenvalue weighted by Gasteiger charge is 2.69. The zero-order chi connectivity index (χ0) is 18.2. The highest BCUT2D eigenvalue weighted by Crippen LogP contribution is 2.63. The summed E-state index contributed by atoms with van der Waals surface area (Å²) >= 11 is 0. The van der Waals surface area contributed by atoms with Crippen LogP contribution < -0.4 is 17.3 Å². The van der Waals surface area contributed by atoms with Gasteiger partial charge in [-0.25, -0.2) is 4.39 Å². The molecule has 6 fully saturated rings. The average molecular weight is 406 g/mol. The van der Waals surface area contributed by atoms with E-state index in [9.17, 15) is 9.50 Å². The topological polar surface area (TPSA) is 24.7 Å². The molecular formula is C24H33ClFNO. The van der Waals surface area contributed by atoms with Crippen molar-refractivity contribution in [1.29, 1.82) is 0 Å². The second-order valence-corrected chi connectivity index (χ2v) is 10.6. The van der Waals surface area contributed by atoms with Crippen LogP contribution >= 0.6 is 0 Å². The van der Waals surface area contributed by atoms with E-state index in [0.29, 0.717) is 17.8 Å². The van der Waals surface area contributed by atoms with Crippen molar-refractivity contribution in [3.63, 3.8) is 0 Å². The summed E-state index contributed by atoms with van der Waals surface area (Å²) in [6, 6.07) is 7.00. The van der Waals surface area contributed by atoms with Gasteiger partial charge in [0, 0.05) is 31.6 Å². The second kappa shape index (κ2) is 6.68. The van der Waals surface area contributed by atoms with E-state index in [1.54, 1.807) is 17.0 Å². The van der Waals surface area contributed by atoms with E-state index < -0.39 is 5.60 Å². The number of nitrogens with one attached hydrogen (secondary N) is 1. The number of quaternary nitrogens is 1. The number of halogens is 2. The van der Waals surface area contributed by atoms with Crippen LogP contribution in [0.15, 0.2) is 24.3 Å². The zero-order valence-corrected chi connectivity index (χ0v) is 17.4. The van der Waals surface area contributed by atoms with E-state index in [4.69, 9.17) is 0 Å². The Labute approximate surface area is 174 Å². The fourth-order valence-electron chi connectivity index (χ4n) is 9.04. The Hall–Kier alpha value is -0.640. The number of hydrogen-bond donors (Lipinski definition) is 2. The largest absolute Gasteiger partial charge is 1.00 e. The summed E-state index contributed by atoms with van der Waals surface area (Å²) in [4.78, 5) is 1.64. The van der Waals surface area contributed by atoms with Gasteiger partial charge in [-0.1, -0.05) is 12.1 Å². The molecule has 1 unspecified atom stereocenters. The molecule has 2 N–H and O–H groups in total. The summed E-state index contributed by atoms with van der Waals surface area (Å²) in [7, 11) is 0. The van der Waals surface area contributed by atoms with Gasteiger partial charge in [-0.2, -0.15) is 0 Å². The first kappa shape index (κ1) is 19.3. The van der Waals surface area contributed by atoms with E-state index in [0.717, 1.165) is 30.2 Å². The van der Waals surface area contributed by atoms with Gasteiger partial charge in [0.25, 0.3) is 0 Å². The predicted molar refractivity (Wildman–Crippen MR) is 103 cm³/mol. The molecule has 7 rings (SSSR count). The highest BCUT2D eigenvalue weighted by atomic mass is 35.5. The number of aliphatic hydroxyl groups is 1. The van der Waals surface area contributed by atoms with Crippen LogP contribution in [0.2, 0.25) is 0 Å². The van der Waals surface area contributed by atoms with Crippen molar-refractivity contribution in [1.82, 2.24) is 0 Å². The molecule has 0 aromatic heterocycles. The minimum Gasteiger partial charge on any atom is -1.00 e. The van der Waals surface area contributed by atoms with Crippen LogP contribution in [0.5, 0.6) is 0 Å². The second-order valence-electron chi connectivity index (χ2n) is 10.6. The van der Waals surface area contributed by atoms with Crippen LogP contribution in [0.1, 0.15) is 63.4 Å². The highest BCUT2D eigenvalue weighted by molar-refractivity contribution is 5.31. The lowest BCUT2D eigenvalue weighted by Crippen LogP contribution is -3.18. The molecule has 28 heavy (non-hydrogen) atoms. The number of hydrogen-bond acceptors (Lipinski definition) is 1. The van der Waals surface area contributed by atoms with E-state index in [1.807, 2.05) is 12.1 Å². The van der Waals surface area contributed by atoms with Crippen LogP contribution in [0.3, 0.4) is 0 Å². The van der Waals surface area contributed by atoms with Gasteiger partial charge in [0.2, 0.25) is 0 Å². The lowest BCUT2D eigenvalue weighted by atomic mass is 9.45. The molecule has 0 radical (unpaired) electrons. The van der Waals surface area contributed by atoms with Crippen molar-refractivity contribution in [2.24, 2.45) is 29.6 Å². The quantitative estimate of drug-likeness (QED) is 0.743. The molecule has 2 aliphatic heterocycles. The lowest BCUT2D eigenvalue weighted by molar-refractivity contribution is -0.936. The van der Waals surface area contributed by atoms with Crippen molar-refractivity contribution in [3.8, 4) is 0 Å². The van der Waals surface area contributed by atoms with Crippen molar-refractivity contribution in [2.75, 3.05) is 13.1 Å². The number of rotatable bonds is 3. The van der Waals surface area contributed by atoms with E-state index in [2.05, 4.69) is 0 Å². The normalized spacial score (nSPS) is 45.5. The summed E-state index contributed by atoms with van der Waals surface area (Å²) in [6.45, 7) is 2.41. The molecule has 0 spiro atoms. The summed E-state index contributed by atoms with van der Waals surface area (Å²) in [5, 5.41) is 12.8. The first-order chi connectivity index (χ1) is 13.1. The van der Waals surface area contributed by atoms with Crippen LogP contribution in [0, 0.1) is 35.4 Å². The van der Waals surface area contributed by atoms with Crippen LogP contribution in [0.25, 0.3) is 0 Å². The average Bonchev–Trinajstić information content (AvgIpc) is 3.22. The third-order valence-corrected chi connectivity index (χ3v) is 9.56. The van der Waals surface area contributed by atoms with Crippen LogP contribution in [0.4, 0.5) is 4.39 Å². The summed E-state index contributed by atoms with van der Waals surface area (Å²) < 4.78 is 13.8. The van der Waals surface area contributed by atoms with E-state index in [-0.39, 0.29) is 23.8 Å². The first-order valence-corrected chi connectivity index (χ1v) is 11.4. The monoisotopic (exact) mass is 405 g/mol. The molecule has 4 bridgehead atoms. The number of fused-ring (bicyclic) bond motifs is 1. The van der Waals surface area contributed by atoms with Gasteiger partial charge >= 0.3 is 0 Å². The van der Waals surface area contributed by atoms with Gasteiger partial charge in [-0.3, -0.25) is 0 Å². The summed E-state index contributed by atoms with van der Waals surface area (Å²) in [6.07, 6.45) is 11.5. The molecule has 2 heterocycles. The molecule has 1 aromatic rings. The van der Waals surface area contributed by atoms with Gasteiger partial charge in [-0.05, 0) is 73.5 Å². The van der Waals surface area contributed by atoms with Crippen LogP contribution in [-0.2, 0) is 5.60 Å². The van der Waals surface area contributed by atoms with Gasteiger partial charge in [0.1, 0.15) is 17.0 Å². The standard InChI is InChI=1S/C24H32FNO.ClH/c25-21-5-3-20(4-6-21)24(27,23-7-1-9-26(23)10-2-8-23)22-18-12-16-11-17(14-18)15-19(22)13-16;/h3-6,16-19,22,27H,1-2,7-15H2;1H. The molecule has 4 saturated carbocycles. The van der Waals surface area contributed by atoms with E-state index >= 15 is 0 Å². The summed E-state index contributed by atoms with van der Waals surface area (Å²) in [5.41, 5.74) is 0.193. The maximum Gasteiger partial charge on any atom is 0.147 e. The number of benzene rings is 1. The Morgan fingerprint density at radius 3 is 1.96 bits per heavy atom. The minimum atomic E-state index is -0.786. The molecule has 4 heteroatoms.